The van der Waals surface area contributed by atoms with E-state index in [-0.39, 0.29) is 0 Å². The highest BCUT2D eigenvalue weighted by Gasteiger charge is 2.17. The molecule has 1 rings (SSSR count). The fourth-order valence-electron chi connectivity index (χ4n) is 2.16. The molecule has 1 aromatic rings. The molecule has 1 heterocycles. The summed E-state index contributed by atoms with van der Waals surface area (Å²) in [5, 5.41) is 18.5. The van der Waals surface area contributed by atoms with Crippen LogP contribution in [0, 0.1) is 12.8 Å². The van der Waals surface area contributed by atoms with Crippen molar-refractivity contribution in [1.29, 1.82) is 0 Å². The van der Waals surface area contributed by atoms with Crippen LogP contribution in [0.25, 0.3) is 0 Å². The number of aromatic nitrogens is 2. The lowest BCUT2D eigenvalue weighted by Crippen LogP contribution is -2.10. The first-order chi connectivity index (χ1) is 8.12. The summed E-state index contributed by atoms with van der Waals surface area (Å²) in [4.78, 5) is 0. The Hall–Kier alpha value is -0.960. The lowest BCUT2D eigenvalue weighted by molar-refractivity contribution is 0.139. The Morgan fingerprint density at radius 1 is 1.18 bits per heavy atom. The van der Waals surface area contributed by atoms with Crippen molar-refractivity contribution in [1.82, 2.24) is 10.2 Å². The number of hydrogen-bond acceptors (Lipinski definition) is 3. The van der Waals surface area contributed by atoms with Crippen LogP contribution in [0.1, 0.15) is 63.1 Å². The largest absolute Gasteiger partial charge is 0.388 e. The highest BCUT2D eigenvalue weighted by atomic mass is 16.3. The molecule has 1 unspecified atom stereocenters. The maximum Gasteiger partial charge on any atom is 0.0811 e. The number of rotatable bonds is 6. The highest BCUT2D eigenvalue weighted by Crippen LogP contribution is 2.27. The fraction of sp³-hybridized carbons (Fsp3) is 0.714. The zero-order chi connectivity index (χ0) is 12.8. The second-order valence-corrected chi connectivity index (χ2v) is 4.68. The molecule has 1 N–H and O–H groups in total. The van der Waals surface area contributed by atoms with E-state index in [0.717, 1.165) is 42.6 Å². The van der Waals surface area contributed by atoms with Gasteiger partial charge in [-0.1, -0.05) is 33.6 Å². The molecule has 0 fully saturated rings. The molecule has 0 bridgehead atoms. The molecular weight excluding hydrogens is 212 g/mol. The molecule has 0 spiro atoms. The zero-order valence-electron chi connectivity index (χ0n) is 11.4. The van der Waals surface area contributed by atoms with Gasteiger partial charge in [0.1, 0.15) is 0 Å². The first-order valence-corrected chi connectivity index (χ1v) is 6.63. The Morgan fingerprint density at radius 3 is 2.35 bits per heavy atom. The third-order valence-corrected chi connectivity index (χ3v) is 3.43. The predicted octanol–water partition coefficient (Wildman–Crippen LogP) is 3.21. The maximum absolute atomic E-state index is 10.3. The van der Waals surface area contributed by atoms with Crippen molar-refractivity contribution < 1.29 is 5.11 Å². The van der Waals surface area contributed by atoms with E-state index in [0.29, 0.717) is 5.92 Å². The van der Waals surface area contributed by atoms with Crippen molar-refractivity contribution in [3.63, 3.8) is 0 Å². The average Bonchev–Trinajstić information content (AvgIpc) is 2.35. The average molecular weight is 236 g/mol. The number of aliphatic hydroxyl groups excluding tert-OH is 1. The molecular formula is C14H24N2O. The Balaban J connectivity index is 2.86. The van der Waals surface area contributed by atoms with E-state index in [1.807, 2.05) is 19.9 Å². The minimum Gasteiger partial charge on any atom is -0.388 e. The summed E-state index contributed by atoms with van der Waals surface area (Å²) in [6.07, 6.45) is 3.48. The smallest absolute Gasteiger partial charge is 0.0811 e. The van der Waals surface area contributed by atoms with Gasteiger partial charge in [0.2, 0.25) is 0 Å². The lowest BCUT2D eigenvalue weighted by atomic mass is 9.92. The fourth-order valence-corrected chi connectivity index (χ4v) is 2.16. The number of aliphatic hydroxyl groups is 1. The summed E-state index contributed by atoms with van der Waals surface area (Å²) in [6, 6.07) is 1.97. The highest BCUT2D eigenvalue weighted by molar-refractivity contribution is 5.23. The van der Waals surface area contributed by atoms with Crippen LogP contribution in [-0.2, 0) is 6.42 Å². The molecule has 1 aromatic heterocycles. The second-order valence-electron chi connectivity index (χ2n) is 4.68. The van der Waals surface area contributed by atoms with Gasteiger partial charge in [0.25, 0.3) is 0 Å². The molecule has 0 amide bonds. The Morgan fingerprint density at radius 2 is 1.82 bits per heavy atom. The van der Waals surface area contributed by atoms with E-state index >= 15 is 0 Å². The molecule has 0 aliphatic carbocycles. The topological polar surface area (TPSA) is 46.0 Å². The Kier molecular flexibility index (Phi) is 5.56. The quantitative estimate of drug-likeness (QED) is 0.825. The predicted molar refractivity (Wildman–Crippen MR) is 69.8 cm³/mol. The van der Waals surface area contributed by atoms with Crippen LogP contribution in [-0.4, -0.2) is 15.3 Å². The van der Waals surface area contributed by atoms with Gasteiger partial charge in [-0.05, 0) is 31.7 Å². The molecule has 0 aliphatic heterocycles. The third-order valence-electron chi connectivity index (χ3n) is 3.43. The lowest BCUT2D eigenvalue weighted by Gasteiger charge is -2.19. The van der Waals surface area contributed by atoms with Gasteiger partial charge in [-0.15, -0.1) is 0 Å². The van der Waals surface area contributed by atoms with Gasteiger partial charge in [0.15, 0.2) is 0 Å². The van der Waals surface area contributed by atoms with Crippen molar-refractivity contribution in [2.24, 2.45) is 5.92 Å². The monoisotopic (exact) mass is 236 g/mol. The minimum atomic E-state index is -0.399. The van der Waals surface area contributed by atoms with Gasteiger partial charge < -0.3 is 5.11 Å². The van der Waals surface area contributed by atoms with E-state index in [1.165, 1.54) is 0 Å². The molecule has 3 heteroatoms. The molecule has 0 aromatic carbocycles. The summed E-state index contributed by atoms with van der Waals surface area (Å²) in [5.74, 6) is 0.586. The van der Waals surface area contributed by atoms with Crippen LogP contribution in [0.15, 0.2) is 6.07 Å². The van der Waals surface area contributed by atoms with Crippen molar-refractivity contribution in [3.8, 4) is 0 Å². The summed E-state index contributed by atoms with van der Waals surface area (Å²) < 4.78 is 0. The molecule has 96 valence electrons. The summed E-state index contributed by atoms with van der Waals surface area (Å²) >= 11 is 0. The van der Waals surface area contributed by atoms with Crippen molar-refractivity contribution >= 4 is 0 Å². The minimum absolute atomic E-state index is 0.399. The third kappa shape index (κ3) is 3.77. The first-order valence-electron chi connectivity index (χ1n) is 6.63. The molecule has 3 nitrogen and oxygen atoms in total. The first kappa shape index (κ1) is 14.1. The molecule has 0 aliphatic rings. The molecule has 0 saturated carbocycles. The molecule has 17 heavy (non-hydrogen) atoms. The van der Waals surface area contributed by atoms with Crippen molar-refractivity contribution in [2.45, 2.75) is 59.5 Å². The van der Waals surface area contributed by atoms with Gasteiger partial charge in [-0.25, -0.2) is 0 Å². The normalized spacial score (nSPS) is 13.1. The summed E-state index contributed by atoms with van der Waals surface area (Å²) in [5.41, 5.74) is 2.77. The SMILES string of the molecule is CCc1nnc(C)cc1C(O)CC(CC)CC. The summed E-state index contributed by atoms with van der Waals surface area (Å²) in [6.45, 7) is 8.32. The Labute approximate surface area is 104 Å². The van der Waals surface area contributed by atoms with Crippen LogP contribution in [0.4, 0.5) is 0 Å². The van der Waals surface area contributed by atoms with Crippen molar-refractivity contribution in [3.05, 3.63) is 23.0 Å². The van der Waals surface area contributed by atoms with E-state index in [2.05, 4.69) is 24.0 Å². The zero-order valence-corrected chi connectivity index (χ0v) is 11.4. The van der Waals surface area contributed by atoms with E-state index in [4.69, 9.17) is 0 Å². The van der Waals surface area contributed by atoms with E-state index in [9.17, 15) is 5.11 Å². The van der Waals surface area contributed by atoms with Crippen molar-refractivity contribution in [2.75, 3.05) is 0 Å². The van der Waals surface area contributed by atoms with Gasteiger partial charge in [-0.2, -0.15) is 10.2 Å². The molecule has 0 radical (unpaired) electrons. The van der Waals surface area contributed by atoms with E-state index < -0.39 is 6.10 Å². The number of aryl methyl sites for hydroxylation is 2. The van der Waals surface area contributed by atoms with Crippen LogP contribution >= 0.6 is 0 Å². The number of nitrogens with zero attached hydrogens (tertiary/aromatic N) is 2. The Bertz CT molecular complexity index is 348. The standard InChI is InChI=1S/C14H24N2O/c1-5-11(6-2)9-14(17)12-8-10(4)15-16-13(12)7-3/h8,11,14,17H,5-7,9H2,1-4H3. The maximum atomic E-state index is 10.3. The summed E-state index contributed by atoms with van der Waals surface area (Å²) in [7, 11) is 0. The van der Waals surface area contributed by atoms with Crippen LogP contribution in [0.2, 0.25) is 0 Å². The molecule has 0 saturated heterocycles. The number of hydrogen-bond donors (Lipinski definition) is 1. The van der Waals surface area contributed by atoms with Gasteiger partial charge in [-0.3, -0.25) is 0 Å². The van der Waals surface area contributed by atoms with Crippen LogP contribution in [0.5, 0.6) is 0 Å². The van der Waals surface area contributed by atoms with Crippen LogP contribution in [0.3, 0.4) is 0 Å². The van der Waals surface area contributed by atoms with Gasteiger partial charge >= 0.3 is 0 Å². The second kappa shape index (κ2) is 6.70. The van der Waals surface area contributed by atoms with E-state index in [1.54, 1.807) is 0 Å². The van der Waals surface area contributed by atoms with Crippen LogP contribution < -0.4 is 0 Å². The van der Waals surface area contributed by atoms with Gasteiger partial charge in [0.05, 0.1) is 17.5 Å². The van der Waals surface area contributed by atoms with Gasteiger partial charge in [0, 0.05) is 5.56 Å². The molecule has 1 atom stereocenters.